The van der Waals surface area contributed by atoms with Gasteiger partial charge >= 0.3 is 49.4 Å². The van der Waals surface area contributed by atoms with Gasteiger partial charge in [-0.3, -0.25) is 0 Å². The number of hydrogen-bond donors (Lipinski definition) is 4. The molecule has 306 valence electrons. The van der Waals surface area contributed by atoms with Gasteiger partial charge in [-0.05, 0) is 25.3 Å². The highest BCUT2D eigenvalue weighted by Gasteiger charge is 2.78. The molecule has 1 aromatic carbocycles. The number of hydrogen-bond acceptors (Lipinski definition) is 4. The third-order valence-corrected chi connectivity index (χ3v) is 7.92. The maximum atomic E-state index is 12.8. The van der Waals surface area contributed by atoms with Gasteiger partial charge in [0, 0.05) is 23.0 Å². The van der Waals surface area contributed by atoms with Gasteiger partial charge < -0.3 is 20.4 Å². The molecule has 1 fully saturated rings. The SMILES string of the molecule is OC(C1CCCC(C(O)(C(F)(F)F)C(F)(F)F)C1)(C(F)(F)F)C(F)(F)F.OC(c1cccc(C(O)(C(F)(F)F)C(F)(F)F)c1)(C(F)(F)F)C(F)(F)F. The summed E-state index contributed by atoms with van der Waals surface area (Å²) in [6.45, 7) is 0. The van der Waals surface area contributed by atoms with Gasteiger partial charge in [0.2, 0.25) is 0 Å². The highest BCUT2D eigenvalue weighted by Crippen LogP contribution is 2.58. The fourth-order valence-corrected chi connectivity index (χ4v) is 5.14. The molecule has 2 unspecified atom stereocenters. The molecule has 0 aromatic heterocycles. The van der Waals surface area contributed by atoms with E-state index in [1.54, 1.807) is 0 Å². The lowest BCUT2D eigenvalue weighted by atomic mass is 9.66. The van der Waals surface area contributed by atoms with Crippen molar-refractivity contribution in [2.45, 2.75) is 97.5 Å². The molecule has 0 bridgehead atoms. The van der Waals surface area contributed by atoms with E-state index in [4.69, 9.17) is 10.2 Å². The summed E-state index contributed by atoms with van der Waals surface area (Å²) in [6, 6.07) is -1.26. The van der Waals surface area contributed by atoms with Gasteiger partial charge in [-0.2, -0.15) is 105 Å². The summed E-state index contributed by atoms with van der Waals surface area (Å²) >= 11 is 0. The van der Waals surface area contributed by atoms with Crippen LogP contribution in [0.15, 0.2) is 24.3 Å². The lowest BCUT2D eigenvalue weighted by Gasteiger charge is -2.46. The number of halogens is 24. The molecule has 0 radical (unpaired) electrons. The molecule has 0 spiro atoms. The zero-order chi connectivity index (χ0) is 42.0. The summed E-state index contributed by atoms with van der Waals surface area (Å²) in [5.41, 5.74) is -27.3. The molecule has 4 N–H and O–H groups in total. The molecule has 1 aliphatic carbocycles. The normalized spacial score (nSPS) is 20.0. The Bertz CT molecular complexity index is 1200. The summed E-state index contributed by atoms with van der Waals surface area (Å²) in [4.78, 5) is 0. The number of aliphatic hydroxyl groups is 4. The van der Waals surface area contributed by atoms with Crippen LogP contribution >= 0.6 is 0 Å². The van der Waals surface area contributed by atoms with E-state index in [1.807, 2.05) is 0 Å². The molecule has 1 aliphatic rings. The second kappa shape index (κ2) is 13.6. The maximum absolute atomic E-state index is 12.8. The van der Waals surface area contributed by atoms with Crippen LogP contribution in [0.3, 0.4) is 0 Å². The smallest absolute Gasteiger partial charge is 0.373 e. The fraction of sp³-hybridized carbons (Fsp3) is 0.750. The molecule has 2 atom stereocenters. The van der Waals surface area contributed by atoms with E-state index in [0.29, 0.717) is 0 Å². The molecular weight excluding hydrogens is 808 g/mol. The first-order valence-corrected chi connectivity index (χ1v) is 13.0. The second-order valence-electron chi connectivity index (χ2n) is 11.1. The van der Waals surface area contributed by atoms with E-state index < -0.39 is 127 Å². The van der Waals surface area contributed by atoms with Crippen LogP contribution in [0.25, 0.3) is 0 Å². The van der Waals surface area contributed by atoms with Crippen molar-refractivity contribution in [1.29, 1.82) is 0 Å². The lowest BCUT2D eigenvalue weighted by molar-refractivity contribution is -0.403. The minimum atomic E-state index is -6.54. The van der Waals surface area contributed by atoms with Gasteiger partial charge in [-0.1, -0.05) is 24.6 Å². The van der Waals surface area contributed by atoms with E-state index in [0.717, 1.165) is 0 Å². The molecule has 4 nitrogen and oxygen atoms in total. The van der Waals surface area contributed by atoms with E-state index in [2.05, 4.69) is 0 Å². The molecule has 1 aromatic rings. The zero-order valence-electron chi connectivity index (χ0n) is 24.2. The zero-order valence-corrected chi connectivity index (χ0v) is 24.2. The van der Waals surface area contributed by atoms with E-state index in [-0.39, 0.29) is 18.2 Å². The molecule has 2 rings (SSSR count). The third kappa shape index (κ3) is 7.93. The molecule has 0 heterocycles. The largest absolute Gasteiger partial charge is 0.430 e. The topological polar surface area (TPSA) is 80.9 Å². The van der Waals surface area contributed by atoms with Crippen LogP contribution in [-0.4, -0.2) is 81.0 Å². The van der Waals surface area contributed by atoms with Gasteiger partial charge in [0.05, 0.1) is 0 Å². The van der Waals surface area contributed by atoms with Crippen LogP contribution in [0.2, 0.25) is 0 Å². The van der Waals surface area contributed by atoms with Crippen LogP contribution < -0.4 is 0 Å². The Morgan fingerprint density at radius 3 is 0.808 bits per heavy atom. The second-order valence-corrected chi connectivity index (χ2v) is 11.1. The summed E-state index contributed by atoms with van der Waals surface area (Å²) < 4.78 is 306. The third-order valence-electron chi connectivity index (χ3n) is 7.92. The summed E-state index contributed by atoms with van der Waals surface area (Å²) in [5.74, 6) is -6.09. The molecule has 0 aliphatic heterocycles. The minimum absolute atomic E-state index is 0.0322. The van der Waals surface area contributed by atoms with Crippen LogP contribution in [0.5, 0.6) is 0 Å². The molecule has 0 amide bonds. The van der Waals surface area contributed by atoms with Crippen molar-refractivity contribution < 1.29 is 126 Å². The van der Waals surface area contributed by atoms with Gasteiger partial charge in [-0.25, -0.2) is 0 Å². The van der Waals surface area contributed by atoms with Crippen molar-refractivity contribution >= 4 is 0 Å². The predicted molar refractivity (Wildman–Crippen MR) is 118 cm³/mol. The Hall–Kier alpha value is -2.62. The molecule has 28 heteroatoms. The van der Waals surface area contributed by atoms with E-state index in [9.17, 15) is 116 Å². The summed E-state index contributed by atoms with van der Waals surface area (Å²) in [5, 5.41) is 36.5. The summed E-state index contributed by atoms with van der Waals surface area (Å²) in [6.07, 6.45) is -56.9. The molecular formula is C24H18F24O4. The van der Waals surface area contributed by atoms with Crippen molar-refractivity contribution in [3.8, 4) is 0 Å². The first kappa shape index (κ1) is 47.4. The van der Waals surface area contributed by atoms with Gasteiger partial charge in [-0.15, -0.1) is 0 Å². The summed E-state index contributed by atoms with van der Waals surface area (Å²) in [7, 11) is 0. The van der Waals surface area contributed by atoms with Gasteiger partial charge in [0.25, 0.3) is 22.4 Å². The molecule has 0 saturated heterocycles. The lowest BCUT2D eigenvalue weighted by Crippen LogP contribution is -2.66. The highest BCUT2D eigenvalue weighted by molar-refractivity contribution is 5.36. The van der Waals surface area contributed by atoms with Gasteiger partial charge in [0.15, 0.2) is 0 Å². The highest BCUT2D eigenvalue weighted by atomic mass is 19.4. The number of rotatable bonds is 4. The van der Waals surface area contributed by atoms with Crippen LogP contribution in [0, 0.1) is 11.8 Å². The Kier molecular flexibility index (Phi) is 12.4. The van der Waals surface area contributed by atoms with Gasteiger partial charge in [0.1, 0.15) is 0 Å². The Labute approximate surface area is 271 Å². The van der Waals surface area contributed by atoms with E-state index in [1.165, 1.54) is 0 Å². The quantitative estimate of drug-likeness (QED) is 0.229. The Balaban J connectivity index is 0.000000520. The average Bonchev–Trinajstić information content (AvgIpc) is 2.91. The van der Waals surface area contributed by atoms with Crippen molar-refractivity contribution in [1.82, 2.24) is 0 Å². The van der Waals surface area contributed by atoms with Crippen molar-refractivity contribution in [2.75, 3.05) is 0 Å². The number of benzene rings is 1. The van der Waals surface area contributed by atoms with Crippen molar-refractivity contribution in [3.63, 3.8) is 0 Å². The fourth-order valence-electron chi connectivity index (χ4n) is 5.14. The molecule has 1 saturated carbocycles. The first-order valence-electron chi connectivity index (χ1n) is 13.0. The van der Waals surface area contributed by atoms with Crippen LogP contribution in [0.4, 0.5) is 105 Å². The van der Waals surface area contributed by atoms with Crippen LogP contribution in [-0.2, 0) is 11.2 Å². The Morgan fingerprint density at radius 2 is 0.615 bits per heavy atom. The van der Waals surface area contributed by atoms with Crippen molar-refractivity contribution in [3.05, 3.63) is 35.4 Å². The average molecular weight is 826 g/mol. The van der Waals surface area contributed by atoms with E-state index >= 15 is 0 Å². The first-order chi connectivity index (χ1) is 22.4. The number of alkyl halides is 24. The Morgan fingerprint density at radius 1 is 0.385 bits per heavy atom. The van der Waals surface area contributed by atoms with Crippen LogP contribution in [0.1, 0.15) is 36.8 Å². The monoisotopic (exact) mass is 826 g/mol. The standard InChI is InChI=1S/C12H12F12O2.C12H6F12O2/c2*13-9(14,15)7(25,10(16,17)18)5-2-1-3-6(4-5)8(26,11(19,20)21)12(22,23)24/h5-6,25-26H,1-4H2;1-4,25-26H. The minimum Gasteiger partial charge on any atom is -0.373 e. The predicted octanol–water partition coefficient (Wildman–Crippen LogP) is 8.82. The van der Waals surface area contributed by atoms with Crippen molar-refractivity contribution in [2.24, 2.45) is 11.8 Å². The molecule has 52 heavy (non-hydrogen) atoms. The maximum Gasteiger partial charge on any atom is 0.430 e.